The van der Waals surface area contributed by atoms with Crippen LogP contribution >= 0.6 is 11.6 Å². The number of likely N-dealkylation sites (N-methyl/N-ethyl adjacent to an activating group) is 1. The molecule has 2 atom stereocenters. The molecule has 2 aromatic carbocycles. The van der Waals surface area contributed by atoms with Crippen molar-refractivity contribution in [3.05, 3.63) is 64.7 Å². The van der Waals surface area contributed by atoms with E-state index in [9.17, 15) is 17.8 Å². The van der Waals surface area contributed by atoms with Crippen LogP contribution in [-0.4, -0.2) is 50.8 Å². The number of hydrogen-bond donors (Lipinski definition) is 1. The van der Waals surface area contributed by atoms with Crippen LogP contribution in [0.15, 0.2) is 53.5 Å². The molecule has 0 saturated carbocycles. The summed E-state index contributed by atoms with van der Waals surface area (Å²) in [5.74, 6) is -0.120. The van der Waals surface area contributed by atoms with E-state index in [0.717, 1.165) is 17.7 Å². The quantitative estimate of drug-likeness (QED) is 0.446. The summed E-state index contributed by atoms with van der Waals surface area (Å²) in [5, 5.41) is 0.503. The first-order chi connectivity index (χ1) is 15.1. The van der Waals surface area contributed by atoms with Gasteiger partial charge in [-0.2, -0.15) is 8.42 Å². The minimum atomic E-state index is -4.67. The smallest absolute Gasteiger partial charge is 0.283 e. The zero-order valence-electron chi connectivity index (χ0n) is 18.2. The fourth-order valence-electron chi connectivity index (χ4n) is 4.08. The molecule has 32 heavy (non-hydrogen) atoms. The summed E-state index contributed by atoms with van der Waals surface area (Å²) in [4.78, 5) is 18.1. The maximum atomic E-state index is 13.4. The molecule has 0 saturated heterocycles. The second kappa shape index (κ2) is 10.2. The van der Waals surface area contributed by atoms with E-state index in [4.69, 9.17) is 20.8 Å². The molecule has 172 valence electrons. The zero-order chi connectivity index (χ0) is 23.4. The highest BCUT2D eigenvalue weighted by atomic mass is 35.5. The van der Waals surface area contributed by atoms with Gasteiger partial charge in [-0.25, -0.2) is 13.5 Å². The molecule has 0 spiro atoms. The van der Waals surface area contributed by atoms with E-state index in [1.807, 2.05) is 37.3 Å². The van der Waals surface area contributed by atoms with E-state index < -0.39 is 16.5 Å². The van der Waals surface area contributed by atoms with E-state index in [1.165, 1.54) is 0 Å². The Bertz CT molecular complexity index is 1100. The van der Waals surface area contributed by atoms with Gasteiger partial charge in [0, 0.05) is 16.7 Å². The Morgan fingerprint density at radius 1 is 1.22 bits per heavy atom. The number of carbonyl (C=O) groups excluding carboxylic acids is 1. The summed E-state index contributed by atoms with van der Waals surface area (Å²) in [5.41, 5.74) is 2.98. The third-order valence-electron chi connectivity index (χ3n) is 5.64. The Hall–Kier alpha value is -2.10. The van der Waals surface area contributed by atoms with Gasteiger partial charge in [0.25, 0.3) is 0 Å². The Kier molecular flexibility index (Phi) is 7.84. The number of unbranched alkanes of at least 4 members (excludes halogenated alkanes) is 1. The van der Waals surface area contributed by atoms with Crippen LogP contribution in [0.4, 0.5) is 5.69 Å². The van der Waals surface area contributed by atoms with Gasteiger partial charge in [0.05, 0.1) is 31.3 Å². The van der Waals surface area contributed by atoms with Gasteiger partial charge in [0.2, 0.25) is 0 Å². The van der Waals surface area contributed by atoms with Gasteiger partial charge in [-0.15, -0.1) is 0 Å². The molecule has 1 heterocycles. The topological polar surface area (TPSA) is 93.0 Å². The summed E-state index contributed by atoms with van der Waals surface area (Å²) in [6.07, 6.45) is 1.22. The molecular formula is C23H28ClN2O5S+. The van der Waals surface area contributed by atoms with Crippen LogP contribution in [0.1, 0.15) is 43.7 Å². The molecule has 0 aliphatic carbocycles. The Morgan fingerprint density at radius 2 is 1.94 bits per heavy atom. The van der Waals surface area contributed by atoms with Crippen molar-refractivity contribution in [2.75, 3.05) is 20.1 Å². The Morgan fingerprint density at radius 3 is 2.59 bits per heavy atom. The fraction of sp³-hybridized carbons (Fsp3) is 0.391. The molecule has 1 N–H and O–H groups in total. The first-order valence-electron chi connectivity index (χ1n) is 10.6. The predicted octanol–water partition coefficient (Wildman–Crippen LogP) is 4.42. The van der Waals surface area contributed by atoms with E-state index >= 15 is 0 Å². The maximum Gasteiger partial charge on any atom is 0.397 e. The molecule has 1 aliphatic heterocycles. The molecule has 0 fully saturated rings. The number of rotatable bonds is 8. The first kappa shape index (κ1) is 24.5. The summed E-state index contributed by atoms with van der Waals surface area (Å²) in [7, 11) is -2.92. The summed E-state index contributed by atoms with van der Waals surface area (Å²) >= 11 is 6.33. The minimum Gasteiger partial charge on any atom is -0.283 e. The summed E-state index contributed by atoms with van der Waals surface area (Å²) in [6.45, 7) is 2.32. The highest BCUT2D eigenvalue weighted by molar-refractivity contribution is 7.80. The Balaban J connectivity index is 2.13. The highest BCUT2D eigenvalue weighted by Gasteiger charge is 2.41. The average molecular weight is 480 g/mol. The van der Waals surface area contributed by atoms with Gasteiger partial charge >= 0.3 is 16.3 Å². The molecular weight excluding hydrogens is 452 g/mol. The number of hydrogen-bond acceptors (Lipinski definition) is 5. The van der Waals surface area contributed by atoms with Gasteiger partial charge in [-0.1, -0.05) is 61.7 Å². The molecule has 9 heteroatoms. The fourth-order valence-corrected chi connectivity index (χ4v) is 4.75. The van der Waals surface area contributed by atoms with E-state index in [2.05, 4.69) is 0 Å². The number of quaternary nitrogens is 1. The number of nitrogens with zero attached hydrogens (tertiary/aromatic N) is 2. The Labute approximate surface area is 194 Å². The van der Waals surface area contributed by atoms with Crippen molar-refractivity contribution in [2.24, 2.45) is 4.99 Å². The number of fused-ring (bicyclic) bond motifs is 1. The van der Waals surface area contributed by atoms with E-state index in [0.29, 0.717) is 35.7 Å². The maximum absolute atomic E-state index is 13.4. The van der Waals surface area contributed by atoms with Crippen molar-refractivity contribution >= 4 is 39.3 Å². The molecule has 7 nitrogen and oxygen atoms in total. The monoisotopic (exact) mass is 479 g/mol. The lowest BCUT2D eigenvalue weighted by molar-refractivity contribution is -0.130. The van der Waals surface area contributed by atoms with Crippen molar-refractivity contribution in [1.82, 2.24) is 4.48 Å². The predicted molar refractivity (Wildman–Crippen MR) is 127 cm³/mol. The number of carbonyl (C=O) groups is 1. The van der Waals surface area contributed by atoms with Crippen molar-refractivity contribution in [1.29, 1.82) is 0 Å². The summed E-state index contributed by atoms with van der Waals surface area (Å²) < 4.78 is 37.1. The van der Waals surface area contributed by atoms with Crippen LogP contribution in [0.2, 0.25) is 5.02 Å². The molecule has 0 aromatic heterocycles. The van der Waals surface area contributed by atoms with Crippen molar-refractivity contribution in [2.45, 2.75) is 38.7 Å². The molecule has 2 unspecified atom stereocenters. The summed E-state index contributed by atoms with van der Waals surface area (Å²) in [6, 6.07) is 14.9. The van der Waals surface area contributed by atoms with Crippen LogP contribution < -0.4 is 4.48 Å². The van der Waals surface area contributed by atoms with Crippen molar-refractivity contribution in [3.8, 4) is 0 Å². The molecule has 2 aromatic rings. The third-order valence-corrected chi connectivity index (χ3v) is 6.40. The number of benzene rings is 2. The minimum absolute atomic E-state index is 0.0509. The van der Waals surface area contributed by atoms with Gasteiger partial charge < -0.3 is 0 Å². The van der Waals surface area contributed by atoms with Gasteiger partial charge in [-0.05, 0) is 18.6 Å². The molecule has 3 rings (SSSR count). The van der Waals surface area contributed by atoms with Gasteiger partial charge in [0.15, 0.2) is 0 Å². The van der Waals surface area contributed by atoms with Crippen LogP contribution in [0.5, 0.6) is 0 Å². The van der Waals surface area contributed by atoms with Gasteiger partial charge in [-0.3, -0.25) is 9.55 Å². The molecule has 0 bridgehead atoms. The number of halogens is 1. The second-order valence-corrected chi connectivity index (χ2v) is 9.55. The second-order valence-electron chi connectivity index (χ2n) is 8.06. The van der Waals surface area contributed by atoms with Crippen LogP contribution in [0, 0.1) is 0 Å². The van der Waals surface area contributed by atoms with E-state index in [1.54, 1.807) is 25.2 Å². The van der Waals surface area contributed by atoms with Crippen molar-refractivity contribution in [3.63, 3.8) is 0 Å². The molecule has 1 aliphatic rings. The van der Waals surface area contributed by atoms with Crippen molar-refractivity contribution < 1.29 is 21.9 Å². The van der Waals surface area contributed by atoms with E-state index in [-0.39, 0.29) is 23.4 Å². The lowest BCUT2D eigenvalue weighted by atomic mass is 9.97. The molecule has 0 radical (unpaired) electrons. The lowest BCUT2D eigenvalue weighted by Gasteiger charge is -2.36. The standard InChI is InChI=1S/C23H27ClN2O5S/c1-3-4-10-19(31-32(28,29)30)16-26(2)21-12-11-18(24)15-20(21)23(25-14-13-22(26)27)17-8-6-5-7-9-17/h5-9,11-12,15,19H,3-4,10,13-14,16H2,1-2H3/p+1/b25-23-. The zero-order valence-corrected chi connectivity index (χ0v) is 19.8. The average Bonchev–Trinajstić information content (AvgIpc) is 2.73. The number of aliphatic imine (C=N–C) groups is 1. The first-order valence-corrected chi connectivity index (χ1v) is 12.3. The van der Waals surface area contributed by atoms with Crippen LogP contribution in [0.25, 0.3) is 0 Å². The highest BCUT2D eigenvalue weighted by Crippen LogP contribution is 2.34. The lowest BCUT2D eigenvalue weighted by Crippen LogP contribution is -2.56. The normalized spacial score (nSPS) is 21.8. The molecule has 1 amide bonds. The van der Waals surface area contributed by atoms with Gasteiger partial charge in [0.1, 0.15) is 18.3 Å². The SMILES string of the molecule is CCCCC(C[N+]1(C)C(=O)CC/N=C(/c2ccccc2)c2cc(Cl)ccc21)OS(=O)(=O)O. The third kappa shape index (κ3) is 5.82. The van der Waals surface area contributed by atoms with Crippen LogP contribution in [-0.2, 0) is 19.4 Å². The van der Waals surface area contributed by atoms with Crippen LogP contribution in [0.3, 0.4) is 0 Å². The largest absolute Gasteiger partial charge is 0.397 e. The number of amides is 1.